The minimum absolute atomic E-state index is 0.161. The summed E-state index contributed by atoms with van der Waals surface area (Å²) in [5.41, 5.74) is 0.552. The number of rotatable bonds is 5. The fourth-order valence-electron chi connectivity index (χ4n) is 2.01. The molecule has 1 fully saturated rings. The van der Waals surface area contributed by atoms with Crippen molar-refractivity contribution in [2.75, 3.05) is 12.4 Å². The van der Waals surface area contributed by atoms with Crippen molar-refractivity contribution in [3.8, 4) is 5.88 Å². The van der Waals surface area contributed by atoms with Crippen molar-refractivity contribution in [1.82, 2.24) is 19.7 Å². The zero-order valence-electron chi connectivity index (χ0n) is 12.0. The van der Waals surface area contributed by atoms with E-state index in [4.69, 9.17) is 4.74 Å². The van der Waals surface area contributed by atoms with Crippen molar-refractivity contribution in [3.05, 3.63) is 40.6 Å². The Balaban J connectivity index is 1.71. The van der Waals surface area contributed by atoms with Gasteiger partial charge in [-0.2, -0.15) is 5.10 Å². The van der Waals surface area contributed by atoms with Crippen LogP contribution in [0.4, 0.5) is 5.82 Å². The highest BCUT2D eigenvalue weighted by Gasteiger charge is 2.25. The first-order valence-corrected chi connectivity index (χ1v) is 6.89. The summed E-state index contributed by atoms with van der Waals surface area (Å²) in [5.74, 6) is 0.684. The molecule has 0 aliphatic heterocycles. The lowest BCUT2D eigenvalue weighted by Crippen LogP contribution is -2.29. The molecule has 0 bridgehead atoms. The third kappa shape index (κ3) is 3.27. The molecular weight excluding hydrogens is 286 g/mol. The first-order chi connectivity index (χ1) is 10.7. The number of nitrogens with zero attached hydrogens (tertiary/aromatic N) is 4. The Kier molecular flexibility index (Phi) is 3.82. The summed E-state index contributed by atoms with van der Waals surface area (Å²) in [6, 6.07) is 4.67. The van der Waals surface area contributed by atoms with E-state index in [0.717, 1.165) is 18.5 Å². The number of aromatic nitrogens is 4. The van der Waals surface area contributed by atoms with Crippen LogP contribution in [0.25, 0.3) is 0 Å². The van der Waals surface area contributed by atoms with Gasteiger partial charge in [-0.05, 0) is 18.9 Å². The molecule has 0 spiro atoms. The summed E-state index contributed by atoms with van der Waals surface area (Å²) in [7, 11) is 1.47. The first kappa shape index (κ1) is 14.2. The van der Waals surface area contributed by atoms with Crippen LogP contribution in [0.15, 0.2) is 29.3 Å². The second kappa shape index (κ2) is 5.92. The molecule has 8 nitrogen and oxygen atoms in total. The molecule has 8 heteroatoms. The summed E-state index contributed by atoms with van der Waals surface area (Å²) < 4.78 is 6.12. The molecule has 0 aromatic carbocycles. The SMILES string of the molecule is COc1cc(NC(=O)Cn2nc(C3CC3)ccc2=O)ncn1. The number of hydrogen-bond donors (Lipinski definition) is 1. The van der Waals surface area contributed by atoms with E-state index >= 15 is 0 Å². The van der Waals surface area contributed by atoms with Crippen LogP contribution in [0.2, 0.25) is 0 Å². The summed E-state index contributed by atoms with van der Waals surface area (Å²) >= 11 is 0. The van der Waals surface area contributed by atoms with Gasteiger partial charge in [0.1, 0.15) is 18.7 Å². The molecule has 1 N–H and O–H groups in total. The maximum absolute atomic E-state index is 12.0. The van der Waals surface area contributed by atoms with Crippen LogP contribution in [0.5, 0.6) is 5.88 Å². The molecule has 2 aromatic heterocycles. The summed E-state index contributed by atoms with van der Waals surface area (Å²) in [6.45, 7) is -0.161. The topological polar surface area (TPSA) is 99.0 Å². The maximum Gasteiger partial charge on any atom is 0.267 e. The van der Waals surface area contributed by atoms with Gasteiger partial charge in [-0.3, -0.25) is 9.59 Å². The summed E-state index contributed by atoms with van der Waals surface area (Å²) in [5, 5.41) is 6.82. The number of ether oxygens (including phenoxy) is 1. The minimum atomic E-state index is -0.386. The molecule has 0 radical (unpaired) electrons. The molecule has 1 amide bonds. The third-order valence-electron chi connectivity index (χ3n) is 3.29. The van der Waals surface area contributed by atoms with Crippen LogP contribution >= 0.6 is 0 Å². The van der Waals surface area contributed by atoms with Gasteiger partial charge in [0.2, 0.25) is 11.8 Å². The molecule has 0 atom stereocenters. The zero-order valence-corrected chi connectivity index (χ0v) is 12.0. The minimum Gasteiger partial charge on any atom is -0.481 e. The average molecular weight is 301 g/mol. The molecule has 2 heterocycles. The van der Waals surface area contributed by atoms with E-state index in [1.165, 1.54) is 30.3 Å². The number of carbonyl (C=O) groups excluding carboxylic acids is 1. The van der Waals surface area contributed by atoms with Crippen molar-refractivity contribution in [3.63, 3.8) is 0 Å². The van der Waals surface area contributed by atoms with E-state index in [9.17, 15) is 9.59 Å². The van der Waals surface area contributed by atoms with Crippen molar-refractivity contribution in [2.45, 2.75) is 25.3 Å². The van der Waals surface area contributed by atoms with Crippen molar-refractivity contribution < 1.29 is 9.53 Å². The second-order valence-electron chi connectivity index (χ2n) is 5.02. The average Bonchev–Trinajstić information content (AvgIpc) is 3.34. The van der Waals surface area contributed by atoms with Crippen LogP contribution in [0.1, 0.15) is 24.5 Å². The molecule has 114 valence electrons. The van der Waals surface area contributed by atoms with Crippen LogP contribution in [0, 0.1) is 0 Å². The van der Waals surface area contributed by atoms with Gasteiger partial charge in [-0.1, -0.05) is 0 Å². The predicted molar refractivity (Wildman–Crippen MR) is 77.7 cm³/mol. The Hall–Kier alpha value is -2.77. The normalized spacial score (nSPS) is 13.7. The molecular formula is C14H15N5O3. The fraction of sp³-hybridized carbons (Fsp3) is 0.357. The van der Waals surface area contributed by atoms with Gasteiger partial charge in [0.05, 0.1) is 12.8 Å². The lowest BCUT2D eigenvalue weighted by atomic mass is 10.3. The standard InChI is InChI=1S/C14H15N5O3/c1-22-13-6-11(15-8-16-13)17-12(20)7-19-14(21)5-4-10(18-19)9-2-3-9/h4-6,8-9H,2-3,7H2,1H3,(H,15,16,17,20). The monoisotopic (exact) mass is 301 g/mol. The molecule has 0 saturated heterocycles. The van der Waals surface area contributed by atoms with E-state index in [1.54, 1.807) is 6.07 Å². The molecule has 3 rings (SSSR count). The largest absolute Gasteiger partial charge is 0.481 e. The third-order valence-corrected chi connectivity index (χ3v) is 3.29. The van der Waals surface area contributed by atoms with Gasteiger partial charge in [0, 0.05) is 18.1 Å². The Labute approximate surface area is 126 Å². The number of carbonyl (C=O) groups is 1. The van der Waals surface area contributed by atoms with Gasteiger partial charge in [0.15, 0.2) is 0 Å². The smallest absolute Gasteiger partial charge is 0.267 e. The number of methoxy groups -OCH3 is 1. The van der Waals surface area contributed by atoms with E-state index in [0.29, 0.717) is 17.6 Å². The van der Waals surface area contributed by atoms with Gasteiger partial charge in [-0.15, -0.1) is 0 Å². The van der Waals surface area contributed by atoms with E-state index < -0.39 is 0 Å². The van der Waals surface area contributed by atoms with E-state index in [-0.39, 0.29) is 18.0 Å². The zero-order chi connectivity index (χ0) is 15.5. The molecule has 1 aliphatic rings. The second-order valence-corrected chi connectivity index (χ2v) is 5.02. The van der Waals surface area contributed by atoms with Gasteiger partial charge in [-0.25, -0.2) is 14.6 Å². The molecule has 2 aromatic rings. The summed E-state index contributed by atoms with van der Waals surface area (Å²) in [4.78, 5) is 31.6. The lowest BCUT2D eigenvalue weighted by Gasteiger charge is -2.07. The van der Waals surface area contributed by atoms with Gasteiger partial charge < -0.3 is 10.1 Å². The molecule has 1 saturated carbocycles. The Morgan fingerprint density at radius 1 is 1.41 bits per heavy atom. The van der Waals surface area contributed by atoms with Crippen LogP contribution < -0.4 is 15.6 Å². The highest BCUT2D eigenvalue weighted by molar-refractivity contribution is 5.89. The molecule has 22 heavy (non-hydrogen) atoms. The number of amides is 1. The lowest BCUT2D eigenvalue weighted by molar-refractivity contribution is -0.117. The summed E-state index contributed by atoms with van der Waals surface area (Å²) in [6.07, 6.45) is 3.45. The maximum atomic E-state index is 12.0. The highest BCUT2D eigenvalue weighted by atomic mass is 16.5. The van der Waals surface area contributed by atoms with Crippen molar-refractivity contribution >= 4 is 11.7 Å². The molecule has 1 aliphatic carbocycles. The van der Waals surface area contributed by atoms with Crippen molar-refractivity contribution in [2.24, 2.45) is 0 Å². The van der Waals surface area contributed by atoms with Crippen molar-refractivity contribution in [1.29, 1.82) is 0 Å². The predicted octanol–water partition coefficient (Wildman–Crippen LogP) is 0.558. The first-order valence-electron chi connectivity index (χ1n) is 6.89. The highest BCUT2D eigenvalue weighted by Crippen LogP contribution is 2.38. The Morgan fingerprint density at radius 3 is 2.95 bits per heavy atom. The quantitative estimate of drug-likeness (QED) is 0.866. The van der Waals surface area contributed by atoms with Crippen LogP contribution in [0.3, 0.4) is 0 Å². The van der Waals surface area contributed by atoms with Gasteiger partial charge in [0.25, 0.3) is 5.56 Å². The van der Waals surface area contributed by atoms with Crippen LogP contribution in [-0.4, -0.2) is 32.8 Å². The number of hydrogen-bond acceptors (Lipinski definition) is 6. The van der Waals surface area contributed by atoms with E-state index in [2.05, 4.69) is 20.4 Å². The van der Waals surface area contributed by atoms with E-state index in [1.807, 2.05) is 0 Å². The number of anilines is 1. The Morgan fingerprint density at radius 2 is 2.23 bits per heavy atom. The fourth-order valence-corrected chi connectivity index (χ4v) is 2.01. The van der Waals surface area contributed by atoms with Crippen LogP contribution in [-0.2, 0) is 11.3 Å². The Bertz CT molecular complexity index is 754. The number of nitrogens with one attached hydrogen (secondary N) is 1. The molecule has 0 unspecified atom stereocenters. The van der Waals surface area contributed by atoms with Gasteiger partial charge >= 0.3 is 0 Å².